The van der Waals surface area contributed by atoms with E-state index in [9.17, 15) is 0 Å². The summed E-state index contributed by atoms with van der Waals surface area (Å²) in [5, 5.41) is 4.09. The zero-order chi connectivity index (χ0) is 14.8. The Balaban J connectivity index is 1.79. The fraction of sp³-hybridized carbons (Fsp3) is 0.500. The molecule has 0 radical (unpaired) electrons. The summed E-state index contributed by atoms with van der Waals surface area (Å²) in [5.41, 5.74) is 8.40. The van der Waals surface area contributed by atoms with E-state index in [4.69, 9.17) is 10.3 Å². The molecule has 0 amide bonds. The van der Waals surface area contributed by atoms with E-state index in [1.807, 2.05) is 0 Å². The number of nitrogens with zero attached hydrogens (tertiary/aromatic N) is 3. The maximum atomic E-state index is 5.74. The summed E-state index contributed by atoms with van der Waals surface area (Å²) in [6.07, 6.45) is 1.01. The number of para-hydroxylation sites is 1. The lowest BCUT2D eigenvalue weighted by atomic mass is 9.98. The first-order chi connectivity index (χ1) is 10.2. The first-order valence-electron chi connectivity index (χ1n) is 7.55. The molecule has 0 aliphatic carbocycles. The maximum absolute atomic E-state index is 5.74. The molecule has 1 atom stereocenters. The topological polar surface area (TPSA) is 68.2 Å². The minimum absolute atomic E-state index is 0.266. The Labute approximate surface area is 125 Å². The highest BCUT2D eigenvalue weighted by Crippen LogP contribution is 2.38. The molecule has 1 aromatic carbocycles. The highest BCUT2D eigenvalue weighted by atomic mass is 16.5. The summed E-state index contributed by atoms with van der Waals surface area (Å²) >= 11 is 0. The van der Waals surface area contributed by atoms with Crippen LogP contribution in [0.4, 0.5) is 5.69 Å². The van der Waals surface area contributed by atoms with Gasteiger partial charge >= 0.3 is 0 Å². The van der Waals surface area contributed by atoms with Gasteiger partial charge in [0, 0.05) is 24.1 Å². The number of nitrogens with two attached hydrogens (primary N) is 1. The number of anilines is 1. The molecule has 0 bridgehead atoms. The third-order valence-electron chi connectivity index (χ3n) is 3.98. The van der Waals surface area contributed by atoms with Crippen molar-refractivity contribution >= 4 is 5.69 Å². The van der Waals surface area contributed by atoms with Crippen LogP contribution in [-0.4, -0.2) is 23.2 Å². The van der Waals surface area contributed by atoms with Crippen LogP contribution in [0.2, 0.25) is 0 Å². The lowest BCUT2D eigenvalue weighted by Crippen LogP contribution is -2.22. The van der Waals surface area contributed by atoms with Crippen LogP contribution in [0.3, 0.4) is 0 Å². The van der Waals surface area contributed by atoms with Crippen molar-refractivity contribution in [3.8, 4) is 0 Å². The minimum Gasteiger partial charge on any atom is -0.363 e. The van der Waals surface area contributed by atoms with Gasteiger partial charge in [0.2, 0.25) is 5.89 Å². The van der Waals surface area contributed by atoms with Gasteiger partial charge in [-0.25, -0.2) is 0 Å². The standard InChI is InChI=1S/C16H22N4O/c1-11(2)16-18-15(19-21-16)10-20-9-12(7-8-17)13-5-3-4-6-14(13)20/h3-6,11-12H,7-10,17H2,1-2H3. The second-order valence-corrected chi connectivity index (χ2v) is 5.92. The summed E-state index contributed by atoms with van der Waals surface area (Å²) in [5.74, 6) is 2.22. The minimum atomic E-state index is 0.266. The van der Waals surface area contributed by atoms with Crippen LogP contribution >= 0.6 is 0 Å². The largest absolute Gasteiger partial charge is 0.363 e. The predicted octanol–water partition coefficient (Wildman–Crippen LogP) is 2.65. The van der Waals surface area contributed by atoms with Gasteiger partial charge in [-0.3, -0.25) is 0 Å². The first-order valence-corrected chi connectivity index (χ1v) is 7.55. The number of hydrogen-bond acceptors (Lipinski definition) is 5. The molecule has 112 valence electrons. The van der Waals surface area contributed by atoms with Crippen molar-refractivity contribution in [2.24, 2.45) is 5.73 Å². The van der Waals surface area contributed by atoms with Gasteiger partial charge in [0.1, 0.15) is 0 Å². The molecule has 2 aromatic rings. The van der Waals surface area contributed by atoms with Crippen molar-refractivity contribution in [3.63, 3.8) is 0 Å². The van der Waals surface area contributed by atoms with E-state index in [2.05, 4.69) is 53.2 Å². The molecule has 1 aliphatic rings. The third kappa shape index (κ3) is 2.78. The average molecular weight is 286 g/mol. The summed E-state index contributed by atoms with van der Waals surface area (Å²) < 4.78 is 5.29. The van der Waals surface area contributed by atoms with Crippen molar-refractivity contribution in [2.75, 3.05) is 18.0 Å². The Morgan fingerprint density at radius 2 is 2.19 bits per heavy atom. The second-order valence-electron chi connectivity index (χ2n) is 5.92. The summed E-state index contributed by atoms with van der Waals surface area (Å²) in [4.78, 5) is 6.80. The summed E-state index contributed by atoms with van der Waals surface area (Å²) in [7, 11) is 0. The van der Waals surface area contributed by atoms with E-state index in [-0.39, 0.29) is 5.92 Å². The molecule has 5 heteroatoms. The summed E-state index contributed by atoms with van der Waals surface area (Å²) in [6, 6.07) is 8.53. The molecule has 21 heavy (non-hydrogen) atoms. The number of benzene rings is 1. The Hall–Kier alpha value is -1.88. The monoisotopic (exact) mass is 286 g/mol. The Bertz CT molecular complexity index is 608. The van der Waals surface area contributed by atoms with Crippen molar-refractivity contribution in [1.82, 2.24) is 10.1 Å². The molecule has 3 rings (SSSR count). The van der Waals surface area contributed by atoms with Crippen molar-refractivity contribution in [1.29, 1.82) is 0 Å². The quantitative estimate of drug-likeness (QED) is 0.915. The third-order valence-corrected chi connectivity index (χ3v) is 3.98. The smallest absolute Gasteiger partial charge is 0.229 e. The van der Waals surface area contributed by atoms with E-state index in [0.717, 1.165) is 18.8 Å². The molecule has 1 unspecified atom stereocenters. The molecular weight excluding hydrogens is 264 g/mol. The van der Waals surface area contributed by atoms with Gasteiger partial charge in [0.25, 0.3) is 0 Å². The Morgan fingerprint density at radius 3 is 2.90 bits per heavy atom. The van der Waals surface area contributed by atoms with E-state index >= 15 is 0 Å². The normalized spacial score (nSPS) is 17.5. The predicted molar refractivity (Wildman–Crippen MR) is 82.3 cm³/mol. The molecule has 0 spiro atoms. The van der Waals surface area contributed by atoms with E-state index < -0.39 is 0 Å². The molecular formula is C16H22N4O. The molecule has 0 saturated carbocycles. The van der Waals surface area contributed by atoms with E-state index in [1.165, 1.54) is 11.3 Å². The summed E-state index contributed by atoms with van der Waals surface area (Å²) in [6.45, 7) is 6.49. The van der Waals surface area contributed by atoms with Gasteiger partial charge in [-0.1, -0.05) is 37.2 Å². The van der Waals surface area contributed by atoms with Gasteiger partial charge in [-0.05, 0) is 24.6 Å². The molecule has 0 saturated heterocycles. The molecule has 2 heterocycles. The van der Waals surface area contributed by atoms with Crippen molar-refractivity contribution in [2.45, 2.75) is 38.6 Å². The highest BCUT2D eigenvalue weighted by molar-refractivity contribution is 5.60. The van der Waals surface area contributed by atoms with Crippen LogP contribution in [0.1, 0.15) is 49.4 Å². The van der Waals surface area contributed by atoms with Crippen LogP contribution < -0.4 is 10.6 Å². The number of hydrogen-bond donors (Lipinski definition) is 1. The molecule has 5 nitrogen and oxygen atoms in total. The molecule has 1 aliphatic heterocycles. The lowest BCUT2D eigenvalue weighted by Gasteiger charge is -2.17. The lowest BCUT2D eigenvalue weighted by molar-refractivity contribution is 0.360. The fourth-order valence-electron chi connectivity index (χ4n) is 2.92. The molecule has 2 N–H and O–H groups in total. The van der Waals surface area contributed by atoms with E-state index in [1.54, 1.807) is 0 Å². The number of fused-ring (bicyclic) bond motifs is 1. The zero-order valence-electron chi connectivity index (χ0n) is 12.6. The fourth-order valence-corrected chi connectivity index (χ4v) is 2.92. The number of rotatable bonds is 5. The molecule has 1 aromatic heterocycles. The van der Waals surface area contributed by atoms with Crippen LogP contribution in [-0.2, 0) is 6.54 Å². The maximum Gasteiger partial charge on any atom is 0.229 e. The van der Waals surface area contributed by atoms with Crippen LogP contribution in [0.25, 0.3) is 0 Å². The second kappa shape index (κ2) is 5.85. The van der Waals surface area contributed by atoms with E-state index in [0.29, 0.717) is 24.9 Å². The highest BCUT2D eigenvalue weighted by Gasteiger charge is 2.28. The molecule has 0 fully saturated rings. The van der Waals surface area contributed by atoms with Gasteiger partial charge in [0.15, 0.2) is 5.82 Å². The van der Waals surface area contributed by atoms with Crippen molar-refractivity contribution in [3.05, 3.63) is 41.5 Å². The SMILES string of the molecule is CC(C)c1nc(CN2CC(CCN)c3ccccc32)no1. The van der Waals surface area contributed by atoms with Crippen LogP contribution in [0, 0.1) is 0 Å². The van der Waals surface area contributed by atoms with Gasteiger partial charge in [-0.2, -0.15) is 4.98 Å². The van der Waals surface area contributed by atoms with Crippen molar-refractivity contribution < 1.29 is 4.52 Å². The Morgan fingerprint density at radius 1 is 1.38 bits per heavy atom. The van der Waals surface area contributed by atoms with Gasteiger partial charge in [0.05, 0.1) is 6.54 Å². The zero-order valence-corrected chi connectivity index (χ0v) is 12.6. The average Bonchev–Trinajstić information content (AvgIpc) is 3.07. The van der Waals surface area contributed by atoms with Crippen LogP contribution in [0.5, 0.6) is 0 Å². The first kappa shape index (κ1) is 14.1. The van der Waals surface area contributed by atoms with Crippen LogP contribution in [0.15, 0.2) is 28.8 Å². The van der Waals surface area contributed by atoms with Gasteiger partial charge < -0.3 is 15.2 Å². The number of aromatic nitrogens is 2. The Kier molecular flexibility index (Phi) is 3.92. The van der Waals surface area contributed by atoms with Gasteiger partial charge in [-0.15, -0.1) is 0 Å².